The van der Waals surface area contributed by atoms with Gasteiger partial charge in [0.05, 0.1) is 23.5 Å². The van der Waals surface area contributed by atoms with Crippen molar-refractivity contribution in [3.05, 3.63) is 34.2 Å². The van der Waals surface area contributed by atoms with E-state index in [9.17, 15) is 9.59 Å². The molecule has 0 saturated heterocycles. The van der Waals surface area contributed by atoms with E-state index in [1.54, 1.807) is 17.0 Å². The van der Waals surface area contributed by atoms with Gasteiger partial charge in [-0.3, -0.25) is 9.36 Å². The average molecular weight is 368 g/mol. The summed E-state index contributed by atoms with van der Waals surface area (Å²) in [7, 11) is 0. The molecular weight excluding hydrogens is 340 g/mol. The van der Waals surface area contributed by atoms with Gasteiger partial charge in [0.1, 0.15) is 0 Å². The van der Waals surface area contributed by atoms with E-state index in [0.29, 0.717) is 36.5 Å². The summed E-state index contributed by atoms with van der Waals surface area (Å²) >= 11 is 0. The minimum absolute atomic E-state index is 0.0812. The number of benzene rings is 1. The van der Waals surface area contributed by atoms with Gasteiger partial charge in [0, 0.05) is 24.7 Å². The van der Waals surface area contributed by atoms with Crippen LogP contribution in [0, 0.1) is 17.2 Å². The van der Waals surface area contributed by atoms with Crippen molar-refractivity contribution >= 4 is 16.9 Å². The number of nitrogens with zero attached hydrogens (tertiary/aromatic N) is 3. The zero-order valence-electron chi connectivity index (χ0n) is 16.2. The summed E-state index contributed by atoms with van der Waals surface area (Å²) in [5, 5.41) is 8.89. The highest BCUT2D eigenvalue weighted by molar-refractivity contribution is 5.97. The molecule has 0 unspecified atom stereocenters. The number of hydrogen-bond acceptors (Lipinski definition) is 3. The summed E-state index contributed by atoms with van der Waals surface area (Å²) in [6, 6.07) is 7.83. The Labute approximate surface area is 159 Å². The SMILES string of the molecule is CC(C)CCN(CCC#N)C(=O)c1ccc2c(c1)[nH]c(=O)n2C1CCCC1. The van der Waals surface area contributed by atoms with Crippen molar-refractivity contribution in [2.24, 2.45) is 5.92 Å². The van der Waals surface area contributed by atoms with Gasteiger partial charge in [-0.2, -0.15) is 5.26 Å². The van der Waals surface area contributed by atoms with E-state index in [4.69, 9.17) is 5.26 Å². The van der Waals surface area contributed by atoms with Crippen LogP contribution in [0.3, 0.4) is 0 Å². The molecule has 0 bridgehead atoms. The third-order valence-corrected chi connectivity index (χ3v) is 5.41. The first kappa shape index (κ1) is 19.2. The summed E-state index contributed by atoms with van der Waals surface area (Å²) in [4.78, 5) is 30.1. The van der Waals surface area contributed by atoms with E-state index >= 15 is 0 Å². The number of rotatable bonds is 7. The lowest BCUT2D eigenvalue weighted by molar-refractivity contribution is 0.0752. The number of imidazole rings is 1. The summed E-state index contributed by atoms with van der Waals surface area (Å²) in [6.45, 7) is 5.31. The third kappa shape index (κ3) is 4.24. The molecule has 2 aromatic rings. The van der Waals surface area contributed by atoms with Gasteiger partial charge < -0.3 is 9.88 Å². The van der Waals surface area contributed by atoms with Crippen molar-refractivity contribution < 1.29 is 4.79 Å². The number of carbonyl (C=O) groups is 1. The molecule has 1 aliphatic carbocycles. The summed E-state index contributed by atoms with van der Waals surface area (Å²) in [5.74, 6) is 0.406. The van der Waals surface area contributed by atoms with E-state index in [2.05, 4.69) is 24.9 Å². The molecule has 0 radical (unpaired) electrons. The molecule has 1 aromatic carbocycles. The van der Waals surface area contributed by atoms with Gasteiger partial charge in [0.15, 0.2) is 0 Å². The first-order valence-corrected chi connectivity index (χ1v) is 9.91. The number of hydrogen-bond donors (Lipinski definition) is 1. The second kappa shape index (κ2) is 8.43. The molecule has 1 N–H and O–H groups in total. The van der Waals surface area contributed by atoms with Gasteiger partial charge in [0.2, 0.25) is 0 Å². The predicted octanol–water partition coefficient (Wildman–Crippen LogP) is 3.85. The maximum absolute atomic E-state index is 13.0. The van der Waals surface area contributed by atoms with Gasteiger partial charge >= 0.3 is 5.69 Å². The number of aromatic amines is 1. The van der Waals surface area contributed by atoms with Crippen LogP contribution in [0.5, 0.6) is 0 Å². The Kier molecular flexibility index (Phi) is 6.00. The van der Waals surface area contributed by atoms with Crippen LogP contribution in [0.2, 0.25) is 0 Å². The van der Waals surface area contributed by atoms with E-state index in [1.807, 2.05) is 10.6 Å². The van der Waals surface area contributed by atoms with E-state index in [0.717, 1.165) is 37.6 Å². The Hall–Kier alpha value is -2.55. The monoisotopic (exact) mass is 368 g/mol. The number of nitriles is 1. The molecule has 0 atom stereocenters. The molecule has 6 heteroatoms. The molecule has 0 aliphatic heterocycles. The highest BCUT2D eigenvalue weighted by atomic mass is 16.2. The summed E-state index contributed by atoms with van der Waals surface area (Å²) in [6.07, 6.45) is 5.60. The standard InChI is InChI=1S/C21H28N4O2/c1-15(2)10-13-24(12-5-11-22)20(26)16-8-9-19-18(14-16)23-21(27)25(19)17-6-3-4-7-17/h8-9,14-15,17H,3-7,10,12-13H2,1-2H3,(H,23,27). The number of carbonyl (C=O) groups excluding carboxylic acids is 1. The maximum Gasteiger partial charge on any atom is 0.326 e. The van der Waals surface area contributed by atoms with Gasteiger partial charge in [0.25, 0.3) is 5.91 Å². The fourth-order valence-electron chi connectivity index (χ4n) is 3.89. The van der Waals surface area contributed by atoms with Crippen LogP contribution < -0.4 is 5.69 Å². The van der Waals surface area contributed by atoms with E-state index in [1.165, 1.54) is 0 Å². The third-order valence-electron chi connectivity index (χ3n) is 5.41. The number of nitrogens with one attached hydrogen (secondary N) is 1. The molecule has 27 heavy (non-hydrogen) atoms. The number of H-pyrrole nitrogens is 1. The summed E-state index contributed by atoms with van der Waals surface area (Å²) in [5.41, 5.74) is 2.04. The highest BCUT2D eigenvalue weighted by Crippen LogP contribution is 2.30. The second-order valence-corrected chi connectivity index (χ2v) is 7.85. The Morgan fingerprint density at radius 3 is 2.74 bits per heavy atom. The quantitative estimate of drug-likeness (QED) is 0.806. The molecule has 1 amide bonds. The Bertz CT molecular complexity index is 897. The fraction of sp³-hybridized carbons (Fsp3) is 0.571. The van der Waals surface area contributed by atoms with Crippen LogP contribution in [0.1, 0.15) is 68.8 Å². The normalized spacial score (nSPS) is 14.7. The van der Waals surface area contributed by atoms with Crippen LogP contribution in [0.4, 0.5) is 0 Å². The smallest absolute Gasteiger partial charge is 0.326 e. The highest BCUT2D eigenvalue weighted by Gasteiger charge is 2.22. The fourth-order valence-corrected chi connectivity index (χ4v) is 3.89. The first-order valence-electron chi connectivity index (χ1n) is 9.91. The molecule has 0 spiro atoms. The van der Waals surface area contributed by atoms with Crippen LogP contribution >= 0.6 is 0 Å². The lowest BCUT2D eigenvalue weighted by atomic mass is 10.1. The molecule has 6 nitrogen and oxygen atoms in total. The van der Waals surface area contributed by atoms with Crippen molar-refractivity contribution in [2.45, 2.75) is 58.4 Å². The second-order valence-electron chi connectivity index (χ2n) is 7.85. The number of aromatic nitrogens is 2. The predicted molar refractivity (Wildman–Crippen MR) is 106 cm³/mol. The molecule has 3 rings (SSSR count). The molecule has 1 fully saturated rings. The van der Waals surface area contributed by atoms with Crippen molar-refractivity contribution in [3.63, 3.8) is 0 Å². The molecule has 1 saturated carbocycles. The van der Waals surface area contributed by atoms with Gasteiger partial charge in [-0.05, 0) is 43.4 Å². The molecule has 144 valence electrons. The average Bonchev–Trinajstić information content (AvgIpc) is 3.26. The molecule has 1 aromatic heterocycles. The van der Waals surface area contributed by atoms with Crippen molar-refractivity contribution in [2.75, 3.05) is 13.1 Å². The number of fused-ring (bicyclic) bond motifs is 1. The van der Waals surface area contributed by atoms with Gasteiger partial charge in [-0.25, -0.2) is 4.79 Å². The molecular formula is C21H28N4O2. The van der Waals surface area contributed by atoms with E-state index < -0.39 is 0 Å². The van der Waals surface area contributed by atoms with Gasteiger partial charge in [-0.15, -0.1) is 0 Å². The zero-order valence-corrected chi connectivity index (χ0v) is 16.2. The minimum atomic E-state index is -0.0948. The van der Waals surface area contributed by atoms with Crippen LogP contribution in [0.25, 0.3) is 11.0 Å². The Balaban J connectivity index is 1.87. The van der Waals surface area contributed by atoms with Crippen LogP contribution in [-0.2, 0) is 0 Å². The lowest BCUT2D eigenvalue weighted by Crippen LogP contribution is -2.33. The zero-order chi connectivity index (χ0) is 19.4. The van der Waals surface area contributed by atoms with Crippen molar-refractivity contribution in [1.29, 1.82) is 5.26 Å². The number of amides is 1. The maximum atomic E-state index is 13.0. The Morgan fingerprint density at radius 1 is 1.33 bits per heavy atom. The first-order chi connectivity index (χ1) is 13.0. The van der Waals surface area contributed by atoms with Crippen molar-refractivity contribution in [3.8, 4) is 6.07 Å². The molecule has 1 heterocycles. The van der Waals surface area contributed by atoms with Crippen molar-refractivity contribution in [1.82, 2.24) is 14.5 Å². The Morgan fingerprint density at radius 2 is 2.07 bits per heavy atom. The topological polar surface area (TPSA) is 81.9 Å². The largest absolute Gasteiger partial charge is 0.338 e. The van der Waals surface area contributed by atoms with Crippen LogP contribution in [-0.4, -0.2) is 33.4 Å². The molecule has 1 aliphatic rings. The van der Waals surface area contributed by atoms with E-state index in [-0.39, 0.29) is 17.6 Å². The van der Waals surface area contributed by atoms with Gasteiger partial charge in [-0.1, -0.05) is 26.7 Å². The lowest BCUT2D eigenvalue weighted by Gasteiger charge is -2.22. The minimum Gasteiger partial charge on any atom is -0.338 e. The van der Waals surface area contributed by atoms with Crippen LogP contribution in [0.15, 0.2) is 23.0 Å². The summed E-state index contributed by atoms with van der Waals surface area (Å²) < 4.78 is 1.85.